The van der Waals surface area contributed by atoms with Crippen LogP contribution in [0.1, 0.15) is 13.3 Å². The fourth-order valence-corrected chi connectivity index (χ4v) is 2.01. The Hall–Kier alpha value is -1.97. The van der Waals surface area contributed by atoms with Crippen molar-refractivity contribution in [2.45, 2.75) is 13.3 Å². The Labute approximate surface area is 99.2 Å². The third kappa shape index (κ3) is 1.98. The minimum Gasteiger partial charge on any atom is -0.303 e. The predicted octanol–water partition coefficient (Wildman–Crippen LogP) is 1.40. The van der Waals surface area contributed by atoms with Gasteiger partial charge in [-0.1, -0.05) is 25.1 Å². The number of aldehydes is 1. The molecule has 0 bridgehead atoms. The van der Waals surface area contributed by atoms with Crippen molar-refractivity contribution in [3.8, 4) is 0 Å². The molecule has 2 amide bonds. The first kappa shape index (κ1) is 11.5. The van der Waals surface area contributed by atoms with Crippen LogP contribution in [0.25, 0.3) is 0 Å². The van der Waals surface area contributed by atoms with E-state index >= 15 is 0 Å². The molecule has 1 aromatic rings. The van der Waals surface area contributed by atoms with Crippen LogP contribution in [0.4, 0.5) is 5.69 Å². The average Bonchev–Trinajstić information content (AvgIpc) is 2.65. The Bertz CT molecular complexity index is 455. The van der Waals surface area contributed by atoms with Crippen LogP contribution in [-0.2, 0) is 14.4 Å². The normalized spacial score (nSPS) is 21.7. The third-order valence-electron chi connectivity index (χ3n) is 3.05. The quantitative estimate of drug-likeness (QED) is 0.583. The topological polar surface area (TPSA) is 54.5 Å². The number of para-hydroxylation sites is 1. The van der Waals surface area contributed by atoms with E-state index in [2.05, 4.69) is 0 Å². The van der Waals surface area contributed by atoms with Crippen LogP contribution in [0.3, 0.4) is 0 Å². The van der Waals surface area contributed by atoms with Crippen molar-refractivity contribution in [3.05, 3.63) is 30.3 Å². The number of imide groups is 1. The lowest BCUT2D eigenvalue weighted by Gasteiger charge is -2.15. The molecule has 0 aromatic heterocycles. The molecule has 2 atom stereocenters. The van der Waals surface area contributed by atoms with Gasteiger partial charge in [-0.15, -0.1) is 0 Å². The van der Waals surface area contributed by atoms with E-state index in [9.17, 15) is 14.4 Å². The first-order chi connectivity index (χ1) is 8.15. The second-order valence-electron chi connectivity index (χ2n) is 4.21. The van der Waals surface area contributed by atoms with E-state index in [-0.39, 0.29) is 18.2 Å². The molecule has 1 unspecified atom stereocenters. The lowest BCUT2D eigenvalue weighted by atomic mass is 9.94. The highest BCUT2D eigenvalue weighted by atomic mass is 16.2. The Balaban J connectivity index is 2.29. The van der Waals surface area contributed by atoms with Crippen LogP contribution in [0.5, 0.6) is 0 Å². The molecule has 88 valence electrons. The van der Waals surface area contributed by atoms with Crippen molar-refractivity contribution < 1.29 is 14.4 Å². The molecule has 2 rings (SSSR count). The van der Waals surface area contributed by atoms with Gasteiger partial charge in [0, 0.05) is 12.3 Å². The Morgan fingerprint density at radius 1 is 1.29 bits per heavy atom. The van der Waals surface area contributed by atoms with Gasteiger partial charge in [-0.05, 0) is 12.1 Å². The summed E-state index contributed by atoms with van der Waals surface area (Å²) >= 11 is 0. The van der Waals surface area contributed by atoms with Crippen molar-refractivity contribution in [3.63, 3.8) is 0 Å². The van der Waals surface area contributed by atoms with Gasteiger partial charge in [-0.2, -0.15) is 0 Å². The first-order valence-electron chi connectivity index (χ1n) is 5.52. The number of rotatable bonds is 3. The highest BCUT2D eigenvalue weighted by molar-refractivity contribution is 6.21. The summed E-state index contributed by atoms with van der Waals surface area (Å²) in [5.74, 6) is -1.44. The molecular formula is C13H13NO3. The van der Waals surface area contributed by atoms with Gasteiger partial charge in [-0.25, -0.2) is 0 Å². The molecule has 17 heavy (non-hydrogen) atoms. The molecule has 1 saturated heterocycles. The largest absolute Gasteiger partial charge is 0.303 e. The number of nitrogens with zero attached hydrogens (tertiary/aromatic N) is 1. The molecule has 1 aliphatic heterocycles. The SMILES string of the molecule is CC(C=O)[C@H]1CC(=O)N(c2ccccc2)C1=O. The fourth-order valence-electron chi connectivity index (χ4n) is 2.01. The number of carbonyl (C=O) groups excluding carboxylic acids is 3. The lowest BCUT2D eigenvalue weighted by molar-refractivity contribution is -0.125. The zero-order valence-corrected chi connectivity index (χ0v) is 9.50. The standard InChI is InChI=1S/C13H13NO3/c1-9(8-15)11-7-12(16)14(13(11)17)10-5-3-2-4-6-10/h2-6,8-9,11H,7H2,1H3/t9?,11-/m1/s1. The van der Waals surface area contributed by atoms with Gasteiger partial charge in [0.2, 0.25) is 11.8 Å². The molecule has 0 radical (unpaired) electrons. The molecule has 1 fully saturated rings. The van der Waals surface area contributed by atoms with Crippen LogP contribution >= 0.6 is 0 Å². The van der Waals surface area contributed by atoms with E-state index in [4.69, 9.17) is 0 Å². The summed E-state index contributed by atoms with van der Waals surface area (Å²) in [6, 6.07) is 8.78. The molecule has 0 saturated carbocycles. The summed E-state index contributed by atoms with van der Waals surface area (Å²) in [5, 5.41) is 0. The van der Waals surface area contributed by atoms with E-state index in [1.807, 2.05) is 6.07 Å². The third-order valence-corrected chi connectivity index (χ3v) is 3.05. The van der Waals surface area contributed by atoms with Crippen LogP contribution in [0, 0.1) is 11.8 Å². The summed E-state index contributed by atoms with van der Waals surface area (Å²) < 4.78 is 0. The van der Waals surface area contributed by atoms with Gasteiger partial charge in [0.05, 0.1) is 11.6 Å². The van der Waals surface area contributed by atoms with Gasteiger partial charge in [0.25, 0.3) is 0 Å². The van der Waals surface area contributed by atoms with Gasteiger partial charge in [0.15, 0.2) is 0 Å². The maximum Gasteiger partial charge on any atom is 0.238 e. The van der Waals surface area contributed by atoms with Crippen LogP contribution in [0.15, 0.2) is 30.3 Å². The second kappa shape index (κ2) is 4.49. The maximum atomic E-state index is 12.1. The Kier molecular flexibility index (Phi) is 3.04. The number of carbonyl (C=O) groups is 3. The highest BCUT2D eigenvalue weighted by Crippen LogP contribution is 2.29. The number of benzene rings is 1. The van der Waals surface area contributed by atoms with Crippen molar-refractivity contribution >= 4 is 23.8 Å². The predicted molar refractivity (Wildman–Crippen MR) is 62.3 cm³/mol. The molecule has 1 aromatic carbocycles. The lowest BCUT2D eigenvalue weighted by Crippen LogP contribution is -2.32. The second-order valence-corrected chi connectivity index (χ2v) is 4.21. The van der Waals surface area contributed by atoms with E-state index in [1.54, 1.807) is 31.2 Å². The van der Waals surface area contributed by atoms with E-state index in [0.717, 1.165) is 6.29 Å². The van der Waals surface area contributed by atoms with Crippen molar-refractivity contribution in [2.75, 3.05) is 4.90 Å². The summed E-state index contributed by atoms with van der Waals surface area (Å²) in [6.45, 7) is 1.66. The van der Waals surface area contributed by atoms with E-state index in [0.29, 0.717) is 5.69 Å². The fraction of sp³-hybridized carbons (Fsp3) is 0.308. The van der Waals surface area contributed by atoms with Crippen molar-refractivity contribution in [2.24, 2.45) is 11.8 Å². The molecule has 4 heteroatoms. The average molecular weight is 231 g/mol. The smallest absolute Gasteiger partial charge is 0.238 e. The van der Waals surface area contributed by atoms with Gasteiger partial charge >= 0.3 is 0 Å². The van der Waals surface area contributed by atoms with E-state index in [1.165, 1.54) is 4.90 Å². The van der Waals surface area contributed by atoms with Crippen LogP contribution in [-0.4, -0.2) is 18.1 Å². The highest BCUT2D eigenvalue weighted by Gasteiger charge is 2.41. The monoisotopic (exact) mass is 231 g/mol. The molecule has 1 heterocycles. The minimum absolute atomic E-state index is 0.119. The Morgan fingerprint density at radius 3 is 2.53 bits per heavy atom. The van der Waals surface area contributed by atoms with Crippen LogP contribution in [0.2, 0.25) is 0 Å². The van der Waals surface area contributed by atoms with Gasteiger partial charge < -0.3 is 4.79 Å². The maximum absolute atomic E-state index is 12.1. The van der Waals surface area contributed by atoms with Crippen LogP contribution < -0.4 is 4.90 Å². The molecule has 0 N–H and O–H groups in total. The zero-order valence-electron chi connectivity index (χ0n) is 9.50. The number of amides is 2. The minimum atomic E-state index is -0.514. The molecule has 1 aliphatic rings. The van der Waals surface area contributed by atoms with Crippen molar-refractivity contribution in [1.29, 1.82) is 0 Å². The molecule has 0 spiro atoms. The molecule has 0 aliphatic carbocycles. The summed E-state index contributed by atoms with van der Waals surface area (Å²) in [4.78, 5) is 35.7. The molecule has 4 nitrogen and oxygen atoms in total. The van der Waals surface area contributed by atoms with E-state index < -0.39 is 11.8 Å². The summed E-state index contributed by atoms with van der Waals surface area (Å²) in [5.41, 5.74) is 0.572. The number of hydrogen-bond donors (Lipinski definition) is 0. The molecular weight excluding hydrogens is 218 g/mol. The number of anilines is 1. The first-order valence-corrected chi connectivity index (χ1v) is 5.52. The van der Waals surface area contributed by atoms with Gasteiger partial charge in [-0.3, -0.25) is 14.5 Å². The number of hydrogen-bond acceptors (Lipinski definition) is 3. The van der Waals surface area contributed by atoms with Gasteiger partial charge in [0.1, 0.15) is 6.29 Å². The zero-order chi connectivity index (χ0) is 12.4. The summed E-state index contributed by atoms with van der Waals surface area (Å²) in [7, 11) is 0. The summed E-state index contributed by atoms with van der Waals surface area (Å²) in [6.07, 6.45) is 0.845. The Morgan fingerprint density at radius 2 is 1.94 bits per heavy atom. The van der Waals surface area contributed by atoms with Crippen molar-refractivity contribution in [1.82, 2.24) is 0 Å².